The second kappa shape index (κ2) is 8.91. The predicted octanol–water partition coefficient (Wildman–Crippen LogP) is 5.71. The van der Waals surface area contributed by atoms with E-state index in [1.165, 1.54) is 17.8 Å². The molecule has 33 heavy (non-hydrogen) atoms. The Labute approximate surface area is 193 Å². The molecule has 5 rings (SSSR count). The molecule has 0 amide bonds. The first kappa shape index (κ1) is 21.0. The van der Waals surface area contributed by atoms with Crippen molar-refractivity contribution in [3.63, 3.8) is 0 Å². The Morgan fingerprint density at radius 1 is 1.06 bits per heavy atom. The summed E-state index contributed by atoms with van der Waals surface area (Å²) in [7, 11) is 0. The van der Waals surface area contributed by atoms with Crippen LogP contribution in [-0.4, -0.2) is 25.9 Å². The lowest BCUT2D eigenvalue weighted by atomic mass is 10.1. The molecule has 1 aliphatic rings. The SMILES string of the molecule is CCCSc1nnc2c(n1)O[C@@H](c1ccc(-c3ccccc3[N+](=O)[O-])o1)Nc1ccccc1-2. The number of fused-ring (bicyclic) bond motifs is 3. The number of hydrogen-bond donors (Lipinski definition) is 1. The third kappa shape index (κ3) is 4.12. The smallest absolute Gasteiger partial charge is 0.280 e. The Balaban J connectivity index is 1.54. The molecule has 1 atom stereocenters. The van der Waals surface area contributed by atoms with Crippen LogP contribution < -0.4 is 10.1 Å². The highest BCUT2D eigenvalue weighted by Crippen LogP contribution is 2.40. The number of para-hydroxylation sites is 2. The minimum absolute atomic E-state index is 0.0293. The van der Waals surface area contributed by atoms with Gasteiger partial charge in [-0.2, -0.15) is 4.98 Å². The zero-order valence-electron chi connectivity index (χ0n) is 17.6. The van der Waals surface area contributed by atoms with Gasteiger partial charge in [0, 0.05) is 23.1 Å². The number of furan rings is 1. The molecule has 10 heteroatoms. The monoisotopic (exact) mass is 461 g/mol. The third-order valence-corrected chi connectivity index (χ3v) is 6.06. The van der Waals surface area contributed by atoms with Gasteiger partial charge in [-0.15, -0.1) is 10.2 Å². The van der Waals surface area contributed by atoms with Gasteiger partial charge in [0.05, 0.1) is 10.5 Å². The number of thioether (sulfide) groups is 1. The molecule has 1 aliphatic heterocycles. The van der Waals surface area contributed by atoms with Crippen LogP contribution in [0.1, 0.15) is 25.3 Å². The molecule has 0 aliphatic carbocycles. The van der Waals surface area contributed by atoms with Gasteiger partial charge in [-0.3, -0.25) is 10.1 Å². The average molecular weight is 462 g/mol. The first-order valence-electron chi connectivity index (χ1n) is 10.4. The number of aromatic nitrogens is 3. The van der Waals surface area contributed by atoms with Gasteiger partial charge in [0.1, 0.15) is 5.76 Å². The highest BCUT2D eigenvalue weighted by Gasteiger charge is 2.28. The number of nitro groups is 1. The first-order chi connectivity index (χ1) is 16.1. The Morgan fingerprint density at radius 2 is 1.85 bits per heavy atom. The normalized spacial score (nSPS) is 14.4. The van der Waals surface area contributed by atoms with Crippen LogP contribution in [0.5, 0.6) is 5.88 Å². The molecule has 0 saturated carbocycles. The average Bonchev–Trinajstić information content (AvgIpc) is 3.27. The van der Waals surface area contributed by atoms with Crippen molar-refractivity contribution in [2.45, 2.75) is 24.7 Å². The minimum atomic E-state index is -0.718. The Kier molecular flexibility index (Phi) is 5.66. The summed E-state index contributed by atoms with van der Waals surface area (Å²) >= 11 is 1.51. The van der Waals surface area contributed by atoms with Gasteiger partial charge in [-0.05, 0) is 30.7 Å². The van der Waals surface area contributed by atoms with Crippen molar-refractivity contribution in [2.24, 2.45) is 0 Å². The molecule has 0 bridgehead atoms. The van der Waals surface area contributed by atoms with E-state index in [-0.39, 0.29) is 5.69 Å². The second-order valence-corrected chi connectivity index (χ2v) is 8.32. The van der Waals surface area contributed by atoms with E-state index in [4.69, 9.17) is 9.15 Å². The maximum Gasteiger partial charge on any atom is 0.280 e. The van der Waals surface area contributed by atoms with Crippen LogP contribution in [0.3, 0.4) is 0 Å². The summed E-state index contributed by atoms with van der Waals surface area (Å²) in [5.74, 6) is 2.04. The van der Waals surface area contributed by atoms with E-state index in [0.717, 1.165) is 23.4 Å². The molecular formula is C23H19N5O4S. The molecule has 0 radical (unpaired) electrons. The van der Waals surface area contributed by atoms with Crippen molar-refractivity contribution < 1.29 is 14.1 Å². The molecule has 0 saturated heterocycles. The summed E-state index contributed by atoms with van der Waals surface area (Å²) in [6.07, 6.45) is 0.268. The van der Waals surface area contributed by atoms with Crippen molar-refractivity contribution in [1.82, 2.24) is 15.2 Å². The molecule has 2 aromatic heterocycles. The lowest BCUT2D eigenvalue weighted by molar-refractivity contribution is -0.384. The summed E-state index contributed by atoms with van der Waals surface area (Å²) in [5, 5.41) is 23.9. The molecule has 4 aromatic rings. The van der Waals surface area contributed by atoms with E-state index >= 15 is 0 Å². The lowest BCUT2D eigenvalue weighted by Gasteiger charge is -2.16. The van der Waals surface area contributed by atoms with Crippen LogP contribution >= 0.6 is 11.8 Å². The van der Waals surface area contributed by atoms with Crippen LogP contribution in [0, 0.1) is 10.1 Å². The van der Waals surface area contributed by atoms with Gasteiger partial charge in [0.15, 0.2) is 11.5 Å². The maximum absolute atomic E-state index is 11.4. The molecule has 166 valence electrons. The molecule has 0 spiro atoms. The number of anilines is 1. The Hall–Kier alpha value is -3.92. The Morgan fingerprint density at radius 3 is 2.67 bits per heavy atom. The van der Waals surface area contributed by atoms with E-state index < -0.39 is 11.2 Å². The maximum atomic E-state index is 11.4. The number of rotatable bonds is 6. The van der Waals surface area contributed by atoms with Crippen LogP contribution in [-0.2, 0) is 0 Å². The summed E-state index contributed by atoms with van der Waals surface area (Å²) in [4.78, 5) is 15.6. The summed E-state index contributed by atoms with van der Waals surface area (Å²) in [6, 6.07) is 17.5. The van der Waals surface area contributed by atoms with E-state index in [9.17, 15) is 10.1 Å². The molecule has 1 N–H and O–H groups in total. The molecule has 0 unspecified atom stereocenters. The van der Waals surface area contributed by atoms with Crippen molar-refractivity contribution in [3.05, 3.63) is 76.5 Å². The predicted molar refractivity (Wildman–Crippen MR) is 124 cm³/mol. The van der Waals surface area contributed by atoms with Crippen molar-refractivity contribution in [3.8, 4) is 28.5 Å². The van der Waals surface area contributed by atoms with E-state index in [1.54, 1.807) is 30.3 Å². The highest BCUT2D eigenvalue weighted by molar-refractivity contribution is 7.99. The van der Waals surface area contributed by atoms with Gasteiger partial charge >= 0.3 is 0 Å². The van der Waals surface area contributed by atoms with Gasteiger partial charge in [-0.1, -0.05) is 49.0 Å². The standard InChI is InChI=1S/C23H19N5O4S/c1-2-13-33-23-25-22-20(26-27-23)14-7-3-5-9-16(14)24-21(32-22)19-12-11-18(31-19)15-8-4-6-10-17(15)28(29)30/h3-12,21,24H,2,13H2,1H3/t21-/m0/s1. The molecular weight excluding hydrogens is 442 g/mol. The van der Waals surface area contributed by atoms with Crippen LogP contribution in [0.2, 0.25) is 0 Å². The first-order valence-corrected chi connectivity index (χ1v) is 11.4. The fourth-order valence-corrected chi connectivity index (χ4v) is 4.14. The van der Waals surface area contributed by atoms with E-state index in [1.807, 2.05) is 24.3 Å². The van der Waals surface area contributed by atoms with Gasteiger partial charge < -0.3 is 14.5 Å². The number of nitrogens with one attached hydrogen (secondary N) is 1. The fraction of sp³-hybridized carbons (Fsp3) is 0.174. The summed E-state index contributed by atoms with van der Waals surface area (Å²) in [6.45, 7) is 2.09. The van der Waals surface area contributed by atoms with Gasteiger partial charge in [0.2, 0.25) is 17.3 Å². The number of benzene rings is 2. The second-order valence-electron chi connectivity index (χ2n) is 7.26. The van der Waals surface area contributed by atoms with Crippen LogP contribution in [0.4, 0.5) is 11.4 Å². The van der Waals surface area contributed by atoms with E-state index in [2.05, 4.69) is 27.4 Å². The van der Waals surface area contributed by atoms with Crippen LogP contribution in [0.25, 0.3) is 22.6 Å². The van der Waals surface area contributed by atoms with Crippen molar-refractivity contribution >= 4 is 23.1 Å². The number of ether oxygens (including phenoxy) is 1. The third-order valence-electron chi connectivity index (χ3n) is 5.02. The zero-order chi connectivity index (χ0) is 22.8. The van der Waals surface area contributed by atoms with Gasteiger partial charge in [-0.25, -0.2) is 0 Å². The van der Waals surface area contributed by atoms with E-state index in [0.29, 0.717) is 33.8 Å². The van der Waals surface area contributed by atoms with Crippen LogP contribution in [0.15, 0.2) is 70.2 Å². The van der Waals surface area contributed by atoms with Gasteiger partial charge in [0.25, 0.3) is 5.69 Å². The number of nitro benzene ring substituents is 1. The summed E-state index contributed by atoms with van der Waals surface area (Å²) < 4.78 is 12.2. The number of hydrogen-bond acceptors (Lipinski definition) is 9. The Bertz CT molecular complexity index is 1330. The topological polar surface area (TPSA) is 116 Å². The quantitative estimate of drug-likeness (QED) is 0.219. The van der Waals surface area contributed by atoms with Crippen molar-refractivity contribution in [2.75, 3.05) is 11.1 Å². The zero-order valence-corrected chi connectivity index (χ0v) is 18.4. The molecule has 3 heterocycles. The molecule has 9 nitrogen and oxygen atoms in total. The molecule has 2 aromatic carbocycles. The highest BCUT2D eigenvalue weighted by atomic mass is 32.2. The molecule has 0 fully saturated rings. The minimum Gasteiger partial charge on any atom is -0.455 e. The summed E-state index contributed by atoms with van der Waals surface area (Å²) in [5.41, 5.74) is 2.50. The lowest BCUT2D eigenvalue weighted by Crippen LogP contribution is -2.16. The largest absolute Gasteiger partial charge is 0.455 e. The fourth-order valence-electron chi connectivity index (χ4n) is 3.51. The number of nitrogens with zero attached hydrogens (tertiary/aromatic N) is 4. The van der Waals surface area contributed by atoms with Crippen molar-refractivity contribution in [1.29, 1.82) is 0 Å².